The number of nitrogens with zero attached hydrogens (tertiary/aromatic N) is 2. The van der Waals surface area contributed by atoms with Crippen molar-refractivity contribution < 1.29 is 14.3 Å². The molecule has 1 heterocycles. The van der Waals surface area contributed by atoms with Crippen molar-refractivity contribution >= 4 is 34.3 Å². The molecule has 4 rings (SSSR count). The lowest BCUT2D eigenvalue weighted by atomic mass is 10.2. The summed E-state index contributed by atoms with van der Waals surface area (Å²) < 4.78 is 12.0. The van der Waals surface area contributed by atoms with Crippen molar-refractivity contribution in [3.05, 3.63) is 83.2 Å². The first-order valence-electron chi connectivity index (χ1n) is 9.82. The average Bonchev–Trinajstić information content (AvgIpc) is 2.83. The van der Waals surface area contributed by atoms with E-state index in [1.807, 2.05) is 6.07 Å². The highest BCUT2D eigenvalue weighted by Crippen LogP contribution is 2.24. The first-order valence-corrected chi connectivity index (χ1v) is 10.8. The van der Waals surface area contributed by atoms with E-state index < -0.39 is 0 Å². The molecule has 7 nitrogen and oxygen atoms in total. The molecule has 0 fully saturated rings. The Morgan fingerprint density at radius 3 is 2.47 bits per heavy atom. The number of methoxy groups -OCH3 is 2. The summed E-state index contributed by atoms with van der Waals surface area (Å²) in [5.41, 5.74) is 1.61. The summed E-state index contributed by atoms with van der Waals surface area (Å²) in [6, 6.07) is 21.5. The number of benzene rings is 3. The fourth-order valence-electron chi connectivity index (χ4n) is 3.21. The molecule has 0 radical (unpaired) electrons. The molecule has 3 aromatic carbocycles. The zero-order chi connectivity index (χ0) is 22.5. The fraction of sp³-hybridized carbons (Fsp3) is 0.125. The smallest absolute Gasteiger partial charge is 0.266 e. The van der Waals surface area contributed by atoms with Crippen molar-refractivity contribution in [2.45, 2.75) is 5.16 Å². The van der Waals surface area contributed by atoms with Crippen LogP contribution >= 0.6 is 11.8 Å². The number of rotatable bonds is 7. The van der Waals surface area contributed by atoms with Crippen LogP contribution in [0.15, 0.2) is 82.7 Å². The number of carbonyl (C=O) groups excluding carboxylic acids is 1. The lowest BCUT2D eigenvalue weighted by Crippen LogP contribution is -2.23. The molecule has 1 aromatic heterocycles. The summed E-state index contributed by atoms with van der Waals surface area (Å²) in [5.74, 6) is 1.13. The van der Waals surface area contributed by atoms with Crippen LogP contribution in [0.1, 0.15) is 0 Å². The maximum Gasteiger partial charge on any atom is 0.266 e. The van der Waals surface area contributed by atoms with Crippen LogP contribution < -0.4 is 20.3 Å². The third kappa shape index (κ3) is 4.60. The van der Waals surface area contributed by atoms with Gasteiger partial charge in [-0.15, -0.1) is 0 Å². The van der Waals surface area contributed by atoms with Crippen LogP contribution in [-0.4, -0.2) is 35.4 Å². The summed E-state index contributed by atoms with van der Waals surface area (Å²) in [7, 11) is 3.14. The molecule has 4 aromatic rings. The summed E-state index contributed by atoms with van der Waals surface area (Å²) >= 11 is 1.19. The first kappa shape index (κ1) is 21.5. The largest absolute Gasteiger partial charge is 0.497 e. The van der Waals surface area contributed by atoms with Gasteiger partial charge in [-0.2, -0.15) is 0 Å². The third-order valence-electron chi connectivity index (χ3n) is 4.74. The zero-order valence-corrected chi connectivity index (χ0v) is 18.4. The summed E-state index contributed by atoms with van der Waals surface area (Å²) in [6.07, 6.45) is 0. The Morgan fingerprint density at radius 1 is 0.969 bits per heavy atom. The van der Waals surface area contributed by atoms with E-state index in [4.69, 9.17) is 9.47 Å². The van der Waals surface area contributed by atoms with Crippen molar-refractivity contribution in [2.75, 3.05) is 25.3 Å². The molecule has 0 unspecified atom stereocenters. The predicted molar refractivity (Wildman–Crippen MR) is 126 cm³/mol. The molecule has 0 aliphatic carbocycles. The minimum atomic E-state index is -0.220. The molecule has 0 saturated heterocycles. The van der Waals surface area contributed by atoms with Gasteiger partial charge in [-0.1, -0.05) is 36.0 Å². The number of aromatic nitrogens is 2. The second kappa shape index (κ2) is 9.57. The highest BCUT2D eigenvalue weighted by molar-refractivity contribution is 7.99. The molecular weight excluding hydrogens is 426 g/mol. The topological polar surface area (TPSA) is 82.5 Å². The molecule has 0 bridgehead atoms. The number of para-hydroxylation sites is 1. The van der Waals surface area contributed by atoms with Crippen LogP contribution in [0, 0.1) is 0 Å². The Balaban J connectivity index is 1.66. The Hall–Kier alpha value is -3.78. The molecule has 162 valence electrons. The molecule has 1 N–H and O–H groups in total. The second-order valence-corrected chi connectivity index (χ2v) is 7.76. The van der Waals surface area contributed by atoms with E-state index in [0.29, 0.717) is 38.9 Å². The van der Waals surface area contributed by atoms with Gasteiger partial charge in [-0.05, 0) is 36.4 Å². The van der Waals surface area contributed by atoms with Gasteiger partial charge in [0.1, 0.15) is 11.5 Å². The van der Waals surface area contributed by atoms with Crippen molar-refractivity contribution in [3.63, 3.8) is 0 Å². The van der Waals surface area contributed by atoms with E-state index >= 15 is 0 Å². The number of nitrogens with one attached hydrogen (secondary N) is 1. The van der Waals surface area contributed by atoms with E-state index in [1.54, 1.807) is 80.9 Å². The second-order valence-electron chi connectivity index (χ2n) is 6.82. The van der Waals surface area contributed by atoms with Crippen molar-refractivity contribution in [2.24, 2.45) is 0 Å². The number of ether oxygens (including phenoxy) is 2. The quantitative estimate of drug-likeness (QED) is 0.339. The summed E-state index contributed by atoms with van der Waals surface area (Å²) in [5, 5.41) is 3.76. The highest BCUT2D eigenvalue weighted by atomic mass is 32.2. The van der Waals surface area contributed by atoms with Gasteiger partial charge in [-0.25, -0.2) is 4.98 Å². The number of anilines is 1. The van der Waals surface area contributed by atoms with Gasteiger partial charge in [0.25, 0.3) is 5.56 Å². The predicted octanol–water partition coefficient (Wildman–Crippen LogP) is 4.13. The van der Waals surface area contributed by atoms with Gasteiger partial charge >= 0.3 is 0 Å². The van der Waals surface area contributed by atoms with E-state index in [2.05, 4.69) is 10.3 Å². The highest BCUT2D eigenvalue weighted by Gasteiger charge is 2.15. The van der Waals surface area contributed by atoms with Crippen LogP contribution in [0.25, 0.3) is 16.6 Å². The van der Waals surface area contributed by atoms with Gasteiger partial charge in [0.05, 0.1) is 36.6 Å². The van der Waals surface area contributed by atoms with Crippen molar-refractivity contribution in [1.29, 1.82) is 0 Å². The van der Waals surface area contributed by atoms with Crippen LogP contribution in [0.5, 0.6) is 11.5 Å². The lowest BCUT2D eigenvalue weighted by molar-refractivity contribution is -0.113. The maximum atomic E-state index is 13.3. The molecule has 0 saturated carbocycles. The molecule has 0 aliphatic heterocycles. The summed E-state index contributed by atoms with van der Waals surface area (Å²) in [6.45, 7) is 0. The van der Waals surface area contributed by atoms with Crippen LogP contribution in [0.4, 0.5) is 5.69 Å². The molecule has 0 spiro atoms. The number of thioether (sulfide) groups is 1. The fourth-order valence-corrected chi connectivity index (χ4v) is 4.03. The average molecular weight is 448 g/mol. The van der Waals surface area contributed by atoms with E-state index in [9.17, 15) is 9.59 Å². The summed E-state index contributed by atoms with van der Waals surface area (Å²) in [4.78, 5) is 30.5. The van der Waals surface area contributed by atoms with Crippen molar-refractivity contribution in [1.82, 2.24) is 9.55 Å². The van der Waals surface area contributed by atoms with Crippen LogP contribution in [-0.2, 0) is 4.79 Å². The van der Waals surface area contributed by atoms with Gasteiger partial charge < -0.3 is 14.8 Å². The SMILES string of the molecule is COc1cccc(NC(=O)CSc2nc3ccccc3c(=O)n2-c2cccc(OC)c2)c1. The number of hydrogen-bond acceptors (Lipinski definition) is 6. The van der Waals surface area contributed by atoms with Gasteiger partial charge in [-0.3, -0.25) is 14.2 Å². The van der Waals surface area contributed by atoms with Crippen molar-refractivity contribution in [3.8, 4) is 17.2 Å². The number of fused-ring (bicyclic) bond motifs is 1. The molecular formula is C24H21N3O4S. The first-order chi connectivity index (χ1) is 15.6. The minimum absolute atomic E-state index is 0.0754. The Labute approximate surface area is 189 Å². The lowest BCUT2D eigenvalue weighted by Gasteiger charge is -2.14. The monoisotopic (exact) mass is 447 g/mol. The molecule has 0 aliphatic rings. The maximum absolute atomic E-state index is 13.3. The molecule has 32 heavy (non-hydrogen) atoms. The number of amides is 1. The molecule has 1 amide bonds. The number of hydrogen-bond donors (Lipinski definition) is 1. The van der Waals surface area contributed by atoms with Gasteiger partial charge in [0, 0.05) is 17.8 Å². The van der Waals surface area contributed by atoms with E-state index in [-0.39, 0.29) is 17.2 Å². The minimum Gasteiger partial charge on any atom is -0.497 e. The normalized spacial score (nSPS) is 10.7. The van der Waals surface area contributed by atoms with E-state index in [0.717, 1.165) is 0 Å². The van der Waals surface area contributed by atoms with Gasteiger partial charge in [0.2, 0.25) is 5.91 Å². The standard InChI is InChI=1S/C24H21N3O4S/c1-30-18-9-5-7-16(13-18)25-22(28)15-32-24-26-21-12-4-3-11-20(21)23(29)27(24)17-8-6-10-19(14-17)31-2/h3-14H,15H2,1-2H3,(H,25,28). The molecule has 8 heteroatoms. The Bertz CT molecular complexity index is 1340. The van der Waals surface area contributed by atoms with Gasteiger partial charge in [0.15, 0.2) is 5.16 Å². The van der Waals surface area contributed by atoms with Crippen LogP contribution in [0.3, 0.4) is 0 Å². The number of carbonyl (C=O) groups is 1. The third-order valence-corrected chi connectivity index (χ3v) is 5.68. The Kier molecular flexibility index (Phi) is 6.42. The molecule has 0 atom stereocenters. The zero-order valence-electron chi connectivity index (χ0n) is 17.6. The van der Waals surface area contributed by atoms with E-state index in [1.165, 1.54) is 16.3 Å². The van der Waals surface area contributed by atoms with Crippen LogP contribution in [0.2, 0.25) is 0 Å². The Morgan fingerprint density at radius 2 is 1.69 bits per heavy atom.